The number of alkyl halides is 3. The van der Waals surface area contributed by atoms with E-state index in [1.165, 1.54) is 0 Å². The van der Waals surface area contributed by atoms with Crippen molar-refractivity contribution in [1.29, 1.82) is 0 Å². The minimum absolute atomic E-state index is 0.0841. The van der Waals surface area contributed by atoms with Gasteiger partial charge in [0.05, 0.1) is 0 Å². The van der Waals surface area contributed by atoms with Gasteiger partial charge in [-0.15, -0.1) is 0 Å². The highest BCUT2D eigenvalue weighted by Crippen LogP contribution is 2.12. The maximum Gasteiger partial charge on any atom is 0.405 e. The lowest BCUT2D eigenvalue weighted by Crippen LogP contribution is -2.41. The summed E-state index contributed by atoms with van der Waals surface area (Å²) >= 11 is 0. The van der Waals surface area contributed by atoms with Crippen LogP contribution < -0.4 is 10.6 Å². The third kappa shape index (κ3) is 5.58. The Morgan fingerprint density at radius 3 is 2.26 bits per heavy atom. The molecule has 1 fully saturated rings. The smallest absolute Gasteiger partial charge is 0.338 e. The monoisotopic (exact) mass is 281 g/mol. The Morgan fingerprint density at radius 2 is 1.74 bits per heavy atom. The number of likely N-dealkylation sites (tertiary alicyclic amines) is 1. The molecule has 1 heterocycles. The third-order valence-electron chi connectivity index (χ3n) is 2.45. The molecule has 6 nitrogen and oxygen atoms in total. The predicted octanol–water partition coefficient (Wildman–Crippen LogP) is 0.387. The quantitative estimate of drug-likeness (QED) is 0.565. The van der Waals surface area contributed by atoms with E-state index in [-0.39, 0.29) is 37.7 Å². The van der Waals surface area contributed by atoms with Crippen LogP contribution in [0.2, 0.25) is 0 Å². The highest BCUT2D eigenvalue weighted by molar-refractivity contribution is 6.01. The van der Waals surface area contributed by atoms with Crippen molar-refractivity contribution in [1.82, 2.24) is 15.5 Å². The van der Waals surface area contributed by atoms with E-state index in [1.807, 2.05) is 0 Å². The Balaban J connectivity index is 2.12. The summed E-state index contributed by atoms with van der Waals surface area (Å²) < 4.78 is 35.3. The number of imide groups is 1. The van der Waals surface area contributed by atoms with E-state index in [0.29, 0.717) is 6.42 Å². The van der Waals surface area contributed by atoms with E-state index in [0.717, 1.165) is 4.90 Å². The Morgan fingerprint density at radius 1 is 1.16 bits per heavy atom. The Hall–Kier alpha value is -1.80. The van der Waals surface area contributed by atoms with Crippen molar-refractivity contribution in [2.75, 3.05) is 19.6 Å². The van der Waals surface area contributed by atoms with Crippen molar-refractivity contribution >= 4 is 17.8 Å². The van der Waals surface area contributed by atoms with E-state index < -0.39 is 18.8 Å². The number of carbonyl (C=O) groups is 3. The number of nitrogens with one attached hydrogen (secondary N) is 2. The summed E-state index contributed by atoms with van der Waals surface area (Å²) in [5, 5.41) is 3.86. The molecule has 0 unspecified atom stereocenters. The van der Waals surface area contributed by atoms with Gasteiger partial charge in [-0.05, 0) is 6.42 Å². The number of carbonyl (C=O) groups excluding carboxylic acids is 3. The standard InChI is InChI=1S/C10H14F3N3O3/c11-10(12,13)6-15-9(19)14-4-1-5-16-7(17)2-3-8(16)18/h1-6H2,(H2,14,15,19). The van der Waals surface area contributed by atoms with E-state index in [1.54, 1.807) is 5.32 Å². The number of amides is 4. The van der Waals surface area contributed by atoms with Crippen LogP contribution in [0.15, 0.2) is 0 Å². The summed E-state index contributed by atoms with van der Waals surface area (Å²) in [6, 6.07) is -0.934. The summed E-state index contributed by atoms with van der Waals surface area (Å²) in [4.78, 5) is 34.4. The highest BCUT2D eigenvalue weighted by Gasteiger charge is 2.28. The van der Waals surface area contributed by atoms with E-state index in [2.05, 4.69) is 5.32 Å². The van der Waals surface area contributed by atoms with Gasteiger partial charge in [0, 0.05) is 25.9 Å². The molecule has 0 saturated carbocycles. The molecular formula is C10H14F3N3O3. The summed E-state index contributed by atoms with van der Waals surface area (Å²) in [5.41, 5.74) is 0. The number of hydrogen-bond donors (Lipinski definition) is 2. The van der Waals surface area contributed by atoms with Crippen LogP contribution in [0.25, 0.3) is 0 Å². The van der Waals surface area contributed by atoms with E-state index >= 15 is 0 Å². The molecule has 9 heteroatoms. The van der Waals surface area contributed by atoms with Crippen LogP contribution in [0.1, 0.15) is 19.3 Å². The predicted molar refractivity (Wildman–Crippen MR) is 58.0 cm³/mol. The fourth-order valence-electron chi connectivity index (χ4n) is 1.55. The lowest BCUT2D eigenvalue weighted by Gasteiger charge is -2.14. The first-order valence-electron chi connectivity index (χ1n) is 5.71. The van der Waals surface area contributed by atoms with Crippen molar-refractivity contribution in [3.63, 3.8) is 0 Å². The van der Waals surface area contributed by atoms with Crippen LogP contribution in [0.4, 0.5) is 18.0 Å². The van der Waals surface area contributed by atoms with Gasteiger partial charge < -0.3 is 10.6 Å². The molecule has 19 heavy (non-hydrogen) atoms. The third-order valence-corrected chi connectivity index (χ3v) is 2.45. The number of hydrogen-bond acceptors (Lipinski definition) is 3. The van der Waals surface area contributed by atoms with Crippen LogP contribution in [-0.4, -0.2) is 48.6 Å². The first kappa shape index (κ1) is 15.3. The number of urea groups is 1. The summed E-state index contributed by atoms with van der Waals surface area (Å²) in [7, 11) is 0. The van der Waals surface area contributed by atoms with Gasteiger partial charge in [0.25, 0.3) is 0 Å². The molecule has 1 rings (SSSR count). The molecule has 0 aromatic heterocycles. The van der Waals surface area contributed by atoms with E-state index in [4.69, 9.17) is 0 Å². The fraction of sp³-hybridized carbons (Fsp3) is 0.700. The largest absolute Gasteiger partial charge is 0.405 e. The zero-order valence-electron chi connectivity index (χ0n) is 10.0. The Bertz CT molecular complexity index is 355. The molecule has 0 aliphatic carbocycles. The molecule has 0 atom stereocenters. The number of nitrogens with zero attached hydrogens (tertiary/aromatic N) is 1. The van der Waals surface area contributed by atoms with Gasteiger partial charge in [0.15, 0.2) is 0 Å². The number of halogens is 3. The second-order valence-corrected chi connectivity index (χ2v) is 4.02. The van der Waals surface area contributed by atoms with E-state index in [9.17, 15) is 27.6 Å². The van der Waals surface area contributed by atoms with Gasteiger partial charge in [0.2, 0.25) is 11.8 Å². The van der Waals surface area contributed by atoms with Crippen molar-refractivity contribution in [2.45, 2.75) is 25.4 Å². The Kier molecular flexibility index (Phi) is 5.13. The maximum absolute atomic E-state index is 11.8. The average Bonchev–Trinajstić information content (AvgIpc) is 2.62. The van der Waals surface area contributed by atoms with Gasteiger partial charge in [-0.1, -0.05) is 0 Å². The van der Waals surface area contributed by atoms with Crippen molar-refractivity contribution in [3.8, 4) is 0 Å². The molecule has 0 aromatic carbocycles. The fourth-order valence-corrected chi connectivity index (χ4v) is 1.55. The van der Waals surface area contributed by atoms with Gasteiger partial charge >= 0.3 is 12.2 Å². The maximum atomic E-state index is 11.8. The zero-order chi connectivity index (χ0) is 14.5. The first-order valence-corrected chi connectivity index (χ1v) is 5.71. The molecule has 1 aliphatic heterocycles. The normalized spacial score (nSPS) is 15.8. The lowest BCUT2D eigenvalue weighted by molar-refractivity contribution is -0.138. The molecular weight excluding hydrogens is 267 g/mol. The van der Waals surface area contributed by atoms with Crippen LogP contribution in [0, 0.1) is 0 Å². The highest BCUT2D eigenvalue weighted by atomic mass is 19.4. The zero-order valence-corrected chi connectivity index (χ0v) is 10.0. The average molecular weight is 281 g/mol. The van der Waals surface area contributed by atoms with Crippen molar-refractivity contribution < 1.29 is 27.6 Å². The second-order valence-electron chi connectivity index (χ2n) is 4.02. The molecule has 108 valence electrons. The molecule has 0 radical (unpaired) electrons. The van der Waals surface area contributed by atoms with Gasteiger partial charge in [-0.25, -0.2) is 4.79 Å². The molecule has 1 aliphatic rings. The van der Waals surface area contributed by atoms with Crippen LogP contribution >= 0.6 is 0 Å². The van der Waals surface area contributed by atoms with Gasteiger partial charge in [0.1, 0.15) is 6.54 Å². The van der Waals surface area contributed by atoms with Crippen LogP contribution in [0.5, 0.6) is 0 Å². The van der Waals surface area contributed by atoms with Crippen molar-refractivity contribution in [3.05, 3.63) is 0 Å². The first-order chi connectivity index (χ1) is 8.79. The summed E-state index contributed by atoms with van der Waals surface area (Å²) in [6.07, 6.45) is -3.76. The van der Waals surface area contributed by atoms with Crippen LogP contribution in [0.3, 0.4) is 0 Å². The lowest BCUT2D eigenvalue weighted by atomic mass is 10.4. The minimum atomic E-state index is -4.45. The molecule has 0 spiro atoms. The molecule has 0 aromatic rings. The van der Waals surface area contributed by atoms with Crippen LogP contribution in [-0.2, 0) is 9.59 Å². The molecule has 0 bridgehead atoms. The summed E-state index contributed by atoms with van der Waals surface area (Å²) in [6.45, 7) is -1.15. The summed E-state index contributed by atoms with van der Waals surface area (Å²) in [5.74, 6) is -0.516. The Labute approximate surface area is 107 Å². The molecule has 2 N–H and O–H groups in total. The SMILES string of the molecule is O=C(NCCCN1C(=O)CCC1=O)NCC(F)(F)F. The number of rotatable bonds is 5. The topological polar surface area (TPSA) is 78.5 Å². The van der Waals surface area contributed by atoms with Gasteiger partial charge in [-0.2, -0.15) is 13.2 Å². The molecule has 4 amide bonds. The molecule has 1 saturated heterocycles. The van der Waals surface area contributed by atoms with Gasteiger partial charge in [-0.3, -0.25) is 14.5 Å². The van der Waals surface area contributed by atoms with Crippen molar-refractivity contribution in [2.24, 2.45) is 0 Å². The second kappa shape index (κ2) is 6.39. The minimum Gasteiger partial charge on any atom is -0.338 e.